The van der Waals surface area contributed by atoms with Crippen molar-refractivity contribution in [2.45, 2.75) is 45.3 Å². The number of benzene rings is 1. The third kappa shape index (κ3) is 5.23. The van der Waals surface area contributed by atoms with Crippen LogP contribution >= 0.6 is 0 Å². The third-order valence-electron chi connectivity index (χ3n) is 5.31. The van der Waals surface area contributed by atoms with Crippen LogP contribution in [0.4, 0.5) is 0 Å². The molecule has 29 heavy (non-hydrogen) atoms. The van der Waals surface area contributed by atoms with Crippen molar-refractivity contribution in [3.05, 3.63) is 47.3 Å². The first kappa shape index (κ1) is 19.6. The number of ketones is 1. The molecule has 2 heterocycles. The van der Waals surface area contributed by atoms with E-state index in [4.69, 9.17) is 14.0 Å². The van der Waals surface area contributed by atoms with Crippen LogP contribution < -0.4 is 4.74 Å². The monoisotopic (exact) mass is 398 g/mol. The number of amides is 1. The van der Waals surface area contributed by atoms with Crippen LogP contribution in [0.15, 0.2) is 34.9 Å². The summed E-state index contributed by atoms with van der Waals surface area (Å²) < 4.78 is 16.7. The Labute approximate surface area is 169 Å². The first-order valence-electron chi connectivity index (χ1n) is 10.2. The van der Waals surface area contributed by atoms with Gasteiger partial charge in [0.2, 0.25) is 0 Å². The van der Waals surface area contributed by atoms with Crippen molar-refractivity contribution in [2.24, 2.45) is 5.92 Å². The van der Waals surface area contributed by atoms with E-state index >= 15 is 0 Å². The van der Waals surface area contributed by atoms with Crippen LogP contribution in [0.3, 0.4) is 0 Å². The first-order valence-corrected chi connectivity index (χ1v) is 10.2. The largest absolute Gasteiger partial charge is 0.486 e. The molecule has 1 aliphatic carbocycles. The Morgan fingerprint density at radius 1 is 1.21 bits per heavy atom. The molecule has 1 saturated heterocycles. The lowest BCUT2D eigenvalue weighted by atomic mass is 10.1. The van der Waals surface area contributed by atoms with Crippen LogP contribution in [0.5, 0.6) is 5.75 Å². The van der Waals surface area contributed by atoms with Gasteiger partial charge in [-0.25, -0.2) is 0 Å². The second-order valence-electron chi connectivity index (χ2n) is 7.84. The Balaban J connectivity index is 1.38. The zero-order chi connectivity index (χ0) is 20.2. The van der Waals surface area contributed by atoms with Crippen molar-refractivity contribution in [1.82, 2.24) is 10.1 Å². The standard InChI is InChI=1S/C22H26N2O5/c1-15(25)17-4-2-5-18(10-17)28-14-20-11-21(23-29-20)22(26)24(12-16-7-8-16)13-19-6-3-9-27-19/h2,4-5,10-11,16,19H,3,6-9,12-14H2,1H3. The average molecular weight is 398 g/mol. The van der Waals surface area contributed by atoms with E-state index in [0.717, 1.165) is 26.0 Å². The van der Waals surface area contributed by atoms with Crippen LogP contribution in [0.25, 0.3) is 0 Å². The van der Waals surface area contributed by atoms with Crippen LogP contribution in [-0.2, 0) is 11.3 Å². The summed E-state index contributed by atoms with van der Waals surface area (Å²) in [6.45, 7) is 3.76. The molecule has 2 aliphatic rings. The molecule has 0 N–H and O–H groups in total. The van der Waals surface area contributed by atoms with Crippen molar-refractivity contribution >= 4 is 11.7 Å². The van der Waals surface area contributed by atoms with Crippen LogP contribution in [0, 0.1) is 5.92 Å². The zero-order valence-electron chi connectivity index (χ0n) is 16.6. The molecule has 1 amide bonds. The summed E-state index contributed by atoms with van der Waals surface area (Å²) in [5, 5.41) is 3.96. The van der Waals surface area contributed by atoms with E-state index in [2.05, 4.69) is 5.16 Å². The molecule has 2 aromatic rings. The van der Waals surface area contributed by atoms with Gasteiger partial charge in [0.15, 0.2) is 17.2 Å². The van der Waals surface area contributed by atoms with Gasteiger partial charge in [0, 0.05) is 31.3 Å². The second kappa shape index (κ2) is 8.78. The van der Waals surface area contributed by atoms with Crippen molar-refractivity contribution in [3.8, 4) is 5.75 Å². The van der Waals surface area contributed by atoms with Crippen molar-refractivity contribution in [2.75, 3.05) is 19.7 Å². The Bertz CT molecular complexity index is 868. The fraction of sp³-hybridized carbons (Fsp3) is 0.500. The predicted molar refractivity (Wildman–Crippen MR) is 105 cm³/mol. The SMILES string of the molecule is CC(=O)c1cccc(OCc2cc(C(=O)N(CC3CC3)CC3CCCO3)no2)c1. The Hall–Kier alpha value is -2.67. The number of hydrogen-bond acceptors (Lipinski definition) is 6. The number of nitrogens with zero attached hydrogens (tertiary/aromatic N) is 2. The van der Waals surface area contributed by atoms with Gasteiger partial charge in [0.05, 0.1) is 6.10 Å². The topological polar surface area (TPSA) is 81.9 Å². The number of aromatic nitrogens is 1. The van der Waals surface area contributed by atoms with Gasteiger partial charge in [0.25, 0.3) is 5.91 Å². The van der Waals surface area contributed by atoms with E-state index in [9.17, 15) is 9.59 Å². The Morgan fingerprint density at radius 2 is 2.07 bits per heavy atom. The molecular weight excluding hydrogens is 372 g/mol. The number of carbonyl (C=O) groups is 2. The summed E-state index contributed by atoms with van der Waals surface area (Å²) in [4.78, 5) is 26.3. The van der Waals surface area contributed by atoms with Gasteiger partial charge < -0.3 is 18.9 Å². The highest BCUT2D eigenvalue weighted by Crippen LogP contribution is 2.30. The molecule has 1 aromatic carbocycles. The highest BCUT2D eigenvalue weighted by molar-refractivity contribution is 5.94. The maximum Gasteiger partial charge on any atom is 0.276 e. The van der Waals surface area contributed by atoms with Crippen molar-refractivity contribution in [3.63, 3.8) is 0 Å². The van der Waals surface area contributed by atoms with Gasteiger partial charge in [-0.1, -0.05) is 17.3 Å². The number of ether oxygens (including phenoxy) is 2. The van der Waals surface area contributed by atoms with Crippen LogP contribution in [-0.4, -0.2) is 47.5 Å². The smallest absolute Gasteiger partial charge is 0.276 e. The summed E-state index contributed by atoms with van der Waals surface area (Å²) in [5.74, 6) is 1.47. The van der Waals surface area contributed by atoms with Gasteiger partial charge in [-0.05, 0) is 50.7 Å². The fourth-order valence-electron chi connectivity index (χ4n) is 3.49. The van der Waals surface area contributed by atoms with Crippen LogP contribution in [0.1, 0.15) is 59.2 Å². The summed E-state index contributed by atoms with van der Waals surface area (Å²) in [6, 6.07) is 8.59. The molecule has 0 spiro atoms. The quantitative estimate of drug-likeness (QED) is 0.602. The third-order valence-corrected chi connectivity index (χ3v) is 5.31. The van der Waals surface area contributed by atoms with Gasteiger partial charge in [0.1, 0.15) is 12.4 Å². The molecule has 7 heteroatoms. The molecule has 1 unspecified atom stereocenters. The molecule has 1 aliphatic heterocycles. The highest BCUT2D eigenvalue weighted by Gasteiger charge is 2.31. The average Bonchev–Trinajstić information content (AvgIpc) is 3.18. The maximum atomic E-state index is 13.0. The minimum absolute atomic E-state index is 0.0232. The predicted octanol–water partition coefficient (Wildman–Crippen LogP) is 3.49. The summed E-state index contributed by atoms with van der Waals surface area (Å²) in [6.07, 6.45) is 4.50. The van der Waals surface area contributed by atoms with Gasteiger partial charge in [-0.3, -0.25) is 9.59 Å². The molecule has 1 atom stereocenters. The first-order chi connectivity index (χ1) is 14.1. The number of rotatable bonds is 9. The molecular formula is C22H26N2O5. The van der Waals surface area contributed by atoms with Gasteiger partial charge in [-0.2, -0.15) is 0 Å². The number of hydrogen-bond donors (Lipinski definition) is 0. The summed E-state index contributed by atoms with van der Waals surface area (Å²) in [5.41, 5.74) is 0.875. The summed E-state index contributed by atoms with van der Waals surface area (Å²) in [7, 11) is 0. The normalized spacial score (nSPS) is 18.6. The van der Waals surface area contributed by atoms with Gasteiger partial charge >= 0.3 is 0 Å². The molecule has 7 nitrogen and oxygen atoms in total. The van der Waals surface area contributed by atoms with E-state index in [1.807, 2.05) is 4.90 Å². The number of carbonyl (C=O) groups excluding carboxylic acids is 2. The minimum Gasteiger partial charge on any atom is -0.486 e. The lowest BCUT2D eigenvalue weighted by Gasteiger charge is -2.24. The van der Waals surface area contributed by atoms with Crippen molar-refractivity contribution < 1.29 is 23.6 Å². The van der Waals surface area contributed by atoms with Crippen molar-refractivity contribution in [1.29, 1.82) is 0 Å². The second-order valence-corrected chi connectivity index (χ2v) is 7.84. The van der Waals surface area contributed by atoms with E-state index in [1.165, 1.54) is 19.8 Å². The van der Waals surface area contributed by atoms with E-state index in [1.54, 1.807) is 30.3 Å². The highest BCUT2D eigenvalue weighted by atomic mass is 16.5. The lowest BCUT2D eigenvalue weighted by Crippen LogP contribution is -2.39. The van der Waals surface area contributed by atoms with Gasteiger partial charge in [-0.15, -0.1) is 0 Å². The number of Topliss-reactive ketones (excluding diaryl/α,β-unsaturated/α-hetero) is 1. The molecule has 154 valence electrons. The maximum absolute atomic E-state index is 13.0. The molecule has 2 fully saturated rings. The zero-order valence-corrected chi connectivity index (χ0v) is 16.6. The molecule has 4 rings (SSSR count). The minimum atomic E-state index is -0.124. The summed E-state index contributed by atoms with van der Waals surface area (Å²) >= 11 is 0. The fourth-order valence-corrected chi connectivity index (χ4v) is 3.49. The molecule has 1 aromatic heterocycles. The van der Waals surface area contributed by atoms with Crippen LogP contribution in [0.2, 0.25) is 0 Å². The Morgan fingerprint density at radius 3 is 2.79 bits per heavy atom. The Kier molecular flexibility index (Phi) is 5.94. The van der Waals surface area contributed by atoms with E-state index in [-0.39, 0.29) is 24.4 Å². The van der Waals surface area contributed by atoms with E-state index in [0.29, 0.717) is 35.2 Å². The van der Waals surface area contributed by atoms with E-state index < -0.39 is 0 Å². The molecule has 0 radical (unpaired) electrons. The lowest BCUT2D eigenvalue weighted by molar-refractivity contribution is 0.0507. The molecule has 1 saturated carbocycles. The molecule has 0 bridgehead atoms.